The molecule has 0 aliphatic carbocycles. The second kappa shape index (κ2) is 17.3. The van der Waals surface area contributed by atoms with Gasteiger partial charge in [-0.3, -0.25) is 14.4 Å². The van der Waals surface area contributed by atoms with Crippen molar-refractivity contribution in [3.63, 3.8) is 0 Å². The number of fused-ring (bicyclic) bond motifs is 1. The van der Waals surface area contributed by atoms with Gasteiger partial charge in [0.1, 0.15) is 11.4 Å². The average Bonchev–Trinajstić information content (AvgIpc) is 2.98. The maximum atomic E-state index is 13.7. The number of carbonyl (C=O) groups excluding carboxylic acids is 2. The van der Waals surface area contributed by atoms with E-state index in [2.05, 4.69) is 6.92 Å². The molecule has 0 saturated heterocycles. The van der Waals surface area contributed by atoms with Gasteiger partial charge in [0.05, 0.1) is 30.3 Å². The van der Waals surface area contributed by atoms with Crippen LogP contribution in [0.25, 0.3) is 11.0 Å². The highest BCUT2D eigenvalue weighted by Crippen LogP contribution is 2.16. The van der Waals surface area contributed by atoms with E-state index in [-0.39, 0.29) is 42.7 Å². The lowest BCUT2D eigenvalue weighted by molar-refractivity contribution is -0.141. The Morgan fingerprint density at radius 3 is 2.29 bits per heavy atom. The van der Waals surface area contributed by atoms with Crippen LogP contribution in [0.4, 0.5) is 4.39 Å². The fourth-order valence-corrected chi connectivity index (χ4v) is 4.82. The van der Waals surface area contributed by atoms with Crippen LogP contribution in [0, 0.1) is 5.82 Å². The molecule has 0 aliphatic heterocycles. The number of unbranched alkanes of at least 4 members (excludes halogenated alkanes) is 6. The summed E-state index contributed by atoms with van der Waals surface area (Å²) in [5, 5.41) is 0.435. The van der Waals surface area contributed by atoms with Gasteiger partial charge in [0.25, 0.3) is 0 Å². The standard InChI is InChI=1S/C33H43FN2O5/c1-3-4-5-6-7-8-9-15-31(37)35(20-12-21-40-2)24-32(38)36(22-26-16-18-28(34)19-17-26)23-27-25-41-30-14-11-10-13-29(30)33(27)39/h10-11,13-14,16-19,25H,3-9,12,15,20-24H2,1-2H3. The molecule has 222 valence electrons. The highest BCUT2D eigenvalue weighted by Gasteiger charge is 2.23. The lowest BCUT2D eigenvalue weighted by Crippen LogP contribution is -2.43. The summed E-state index contributed by atoms with van der Waals surface area (Å²) in [6.45, 7) is 3.11. The highest BCUT2D eigenvalue weighted by molar-refractivity contribution is 5.85. The van der Waals surface area contributed by atoms with Gasteiger partial charge in [0, 0.05) is 33.2 Å². The van der Waals surface area contributed by atoms with Crippen molar-refractivity contribution in [3.8, 4) is 0 Å². The van der Waals surface area contributed by atoms with Crippen LogP contribution in [0.3, 0.4) is 0 Å². The summed E-state index contributed by atoms with van der Waals surface area (Å²) in [4.78, 5) is 43.2. The minimum absolute atomic E-state index is 0.00123. The first-order valence-corrected chi connectivity index (χ1v) is 14.7. The van der Waals surface area contributed by atoms with Gasteiger partial charge in [-0.25, -0.2) is 4.39 Å². The van der Waals surface area contributed by atoms with E-state index in [1.54, 1.807) is 48.4 Å². The van der Waals surface area contributed by atoms with Crippen LogP contribution in [0.5, 0.6) is 0 Å². The zero-order valence-electron chi connectivity index (χ0n) is 24.4. The van der Waals surface area contributed by atoms with E-state index in [1.165, 1.54) is 49.0 Å². The molecule has 3 aromatic rings. The molecule has 0 radical (unpaired) electrons. The van der Waals surface area contributed by atoms with Crippen molar-refractivity contribution in [1.82, 2.24) is 9.80 Å². The van der Waals surface area contributed by atoms with Crippen molar-refractivity contribution >= 4 is 22.8 Å². The Bertz CT molecular complexity index is 1290. The smallest absolute Gasteiger partial charge is 0.242 e. The number of carbonyl (C=O) groups is 2. The molecule has 0 aliphatic rings. The van der Waals surface area contributed by atoms with Crippen molar-refractivity contribution in [3.05, 3.63) is 82.0 Å². The quantitative estimate of drug-likeness (QED) is 0.165. The zero-order chi connectivity index (χ0) is 29.5. The number of methoxy groups -OCH3 is 1. The normalized spacial score (nSPS) is 11.1. The summed E-state index contributed by atoms with van der Waals surface area (Å²) in [7, 11) is 1.61. The van der Waals surface area contributed by atoms with Gasteiger partial charge in [-0.05, 0) is 42.7 Å². The number of para-hydroxylation sites is 1. The van der Waals surface area contributed by atoms with Gasteiger partial charge in [-0.1, -0.05) is 69.7 Å². The lowest BCUT2D eigenvalue weighted by atomic mass is 10.1. The van der Waals surface area contributed by atoms with Crippen molar-refractivity contribution in [1.29, 1.82) is 0 Å². The molecule has 41 heavy (non-hydrogen) atoms. The predicted molar refractivity (Wildman–Crippen MR) is 159 cm³/mol. The Kier molecular flexibility index (Phi) is 13.5. The molecule has 0 fully saturated rings. The van der Waals surface area contributed by atoms with Crippen LogP contribution in [-0.4, -0.2) is 48.4 Å². The monoisotopic (exact) mass is 566 g/mol. The number of amides is 2. The molecule has 0 unspecified atom stereocenters. The van der Waals surface area contributed by atoms with Crippen molar-refractivity contribution in [2.24, 2.45) is 0 Å². The van der Waals surface area contributed by atoms with Gasteiger partial charge >= 0.3 is 0 Å². The summed E-state index contributed by atoms with van der Waals surface area (Å²) >= 11 is 0. The summed E-state index contributed by atoms with van der Waals surface area (Å²) in [5.41, 5.74) is 1.30. The molecule has 0 bridgehead atoms. The Labute approximate surface area is 242 Å². The second-order valence-electron chi connectivity index (χ2n) is 10.5. The molecule has 3 rings (SSSR count). The minimum Gasteiger partial charge on any atom is -0.464 e. The molecular weight excluding hydrogens is 523 g/mol. The van der Waals surface area contributed by atoms with E-state index in [4.69, 9.17) is 9.15 Å². The average molecular weight is 567 g/mol. The molecular formula is C33H43FN2O5. The van der Waals surface area contributed by atoms with Gasteiger partial charge in [0.2, 0.25) is 11.8 Å². The summed E-state index contributed by atoms with van der Waals surface area (Å²) < 4.78 is 24.4. The first-order valence-electron chi connectivity index (χ1n) is 14.7. The first-order chi connectivity index (χ1) is 19.9. The number of halogens is 1. The number of nitrogens with zero attached hydrogens (tertiary/aromatic N) is 2. The maximum Gasteiger partial charge on any atom is 0.242 e. The SMILES string of the molecule is CCCCCCCCCC(=O)N(CCCOC)CC(=O)N(Cc1ccc(F)cc1)Cc1coc2ccccc2c1=O. The third-order valence-corrected chi connectivity index (χ3v) is 7.20. The molecule has 0 saturated carbocycles. The number of benzene rings is 2. The molecule has 7 nitrogen and oxygen atoms in total. The third kappa shape index (κ3) is 10.4. The largest absolute Gasteiger partial charge is 0.464 e. The second-order valence-corrected chi connectivity index (χ2v) is 10.5. The van der Waals surface area contributed by atoms with E-state index < -0.39 is 0 Å². The summed E-state index contributed by atoms with van der Waals surface area (Å²) in [6, 6.07) is 12.9. The maximum absolute atomic E-state index is 13.7. The third-order valence-electron chi connectivity index (χ3n) is 7.20. The van der Waals surface area contributed by atoms with Crippen LogP contribution < -0.4 is 5.43 Å². The fraction of sp³-hybridized carbons (Fsp3) is 0.485. The molecule has 0 spiro atoms. The van der Waals surface area contributed by atoms with Crippen molar-refractivity contribution in [2.45, 2.75) is 77.8 Å². The first kappa shape index (κ1) is 32.0. The summed E-state index contributed by atoms with van der Waals surface area (Å²) in [5.74, 6) is -0.732. The number of hydrogen-bond donors (Lipinski definition) is 0. The van der Waals surface area contributed by atoms with E-state index in [0.717, 1.165) is 19.3 Å². The van der Waals surface area contributed by atoms with E-state index in [1.807, 2.05) is 0 Å². The molecule has 2 aromatic carbocycles. The number of ether oxygens (including phenoxy) is 1. The Morgan fingerprint density at radius 2 is 1.56 bits per heavy atom. The van der Waals surface area contributed by atoms with Crippen LogP contribution in [0.1, 0.15) is 75.8 Å². The van der Waals surface area contributed by atoms with Crippen LogP contribution in [-0.2, 0) is 27.4 Å². The van der Waals surface area contributed by atoms with Gasteiger partial charge < -0.3 is 19.0 Å². The molecule has 0 N–H and O–H groups in total. The van der Waals surface area contributed by atoms with Gasteiger partial charge in [-0.15, -0.1) is 0 Å². The zero-order valence-corrected chi connectivity index (χ0v) is 24.4. The van der Waals surface area contributed by atoms with Crippen LogP contribution in [0.15, 0.2) is 64.0 Å². The molecule has 1 heterocycles. The van der Waals surface area contributed by atoms with Crippen molar-refractivity contribution in [2.75, 3.05) is 26.8 Å². The topological polar surface area (TPSA) is 80.1 Å². The Balaban J connectivity index is 1.74. The minimum atomic E-state index is -0.373. The number of rotatable bonds is 18. The highest BCUT2D eigenvalue weighted by atomic mass is 19.1. The molecule has 2 amide bonds. The van der Waals surface area contributed by atoms with Crippen molar-refractivity contribution < 1.29 is 23.1 Å². The van der Waals surface area contributed by atoms with Crippen LogP contribution in [0.2, 0.25) is 0 Å². The Hall–Kier alpha value is -3.52. The van der Waals surface area contributed by atoms with Gasteiger partial charge in [0.15, 0.2) is 5.43 Å². The predicted octanol–water partition coefficient (Wildman–Crippen LogP) is 6.47. The van der Waals surface area contributed by atoms with E-state index in [9.17, 15) is 18.8 Å². The van der Waals surface area contributed by atoms with E-state index in [0.29, 0.717) is 48.1 Å². The molecule has 0 atom stereocenters. The Morgan fingerprint density at radius 1 is 0.854 bits per heavy atom. The lowest BCUT2D eigenvalue weighted by Gasteiger charge is -2.28. The van der Waals surface area contributed by atoms with Gasteiger partial charge in [-0.2, -0.15) is 0 Å². The summed E-state index contributed by atoms with van der Waals surface area (Å²) in [6.07, 6.45) is 10.1. The molecule has 8 heteroatoms. The molecule has 1 aromatic heterocycles. The fourth-order valence-electron chi connectivity index (χ4n) is 4.82. The number of hydrogen-bond acceptors (Lipinski definition) is 5. The van der Waals surface area contributed by atoms with Crippen LogP contribution >= 0.6 is 0 Å². The van der Waals surface area contributed by atoms with E-state index >= 15 is 0 Å².